The van der Waals surface area contributed by atoms with E-state index in [2.05, 4.69) is 15.6 Å². The summed E-state index contributed by atoms with van der Waals surface area (Å²) in [5.41, 5.74) is 4.28. The quantitative estimate of drug-likeness (QED) is 0.756. The Labute approximate surface area is 187 Å². The molecule has 2 aliphatic heterocycles. The molecule has 1 spiro atoms. The van der Waals surface area contributed by atoms with Gasteiger partial charge in [0.2, 0.25) is 5.91 Å². The Morgan fingerprint density at radius 3 is 2.83 bits per heavy atom. The van der Waals surface area contributed by atoms with E-state index >= 15 is 0 Å². The first-order chi connectivity index (χ1) is 14.0. The molecule has 162 valence electrons. The topological polar surface area (TPSA) is 72.3 Å². The molecular formula is C21H27Cl2N5O2. The van der Waals surface area contributed by atoms with Gasteiger partial charge in [-0.05, 0) is 55.8 Å². The zero-order valence-corrected chi connectivity index (χ0v) is 18.9. The van der Waals surface area contributed by atoms with E-state index in [9.17, 15) is 4.79 Å². The number of halogens is 2. The molecule has 1 amide bonds. The fourth-order valence-electron chi connectivity index (χ4n) is 4.61. The number of benzene rings is 1. The number of nitrogens with one attached hydrogen (secondary N) is 1. The third-order valence-electron chi connectivity index (χ3n) is 6.71. The smallest absolute Gasteiger partial charge is 0.223 e. The molecular weight excluding hydrogens is 425 g/mol. The number of aryl methyl sites for hydroxylation is 1. The van der Waals surface area contributed by atoms with Crippen molar-refractivity contribution >= 4 is 29.9 Å². The summed E-state index contributed by atoms with van der Waals surface area (Å²) >= 11 is 6.54. The fourth-order valence-corrected chi connectivity index (χ4v) is 4.87. The predicted octanol–water partition coefficient (Wildman–Crippen LogP) is 2.98. The number of aromatic nitrogens is 3. The van der Waals surface area contributed by atoms with Crippen molar-refractivity contribution in [2.45, 2.75) is 45.3 Å². The molecule has 1 aliphatic carbocycles. The number of carbonyl (C=O) groups excluding carboxylic acids is 1. The Morgan fingerprint density at radius 1 is 1.37 bits per heavy atom. The summed E-state index contributed by atoms with van der Waals surface area (Å²) in [7, 11) is 1.87. The van der Waals surface area contributed by atoms with E-state index in [0.29, 0.717) is 19.6 Å². The molecule has 0 bridgehead atoms. The maximum Gasteiger partial charge on any atom is 0.223 e. The summed E-state index contributed by atoms with van der Waals surface area (Å²) in [6, 6.07) is 3.86. The number of rotatable bonds is 5. The van der Waals surface area contributed by atoms with E-state index < -0.39 is 0 Å². The monoisotopic (exact) mass is 451 g/mol. The molecule has 3 aliphatic rings. The Morgan fingerprint density at radius 2 is 2.17 bits per heavy atom. The summed E-state index contributed by atoms with van der Waals surface area (Å²) in [6.07, 6.45) is 3.92. The Bertz CT molecular complexity index is 973. The standard InChI is InChI=1S/C21H26ClN5O2.ClH/c1-13-17(24-25-26(13)2)11-29-18-4-3-15(22)14-5-8-23-16(20(14)18)10-27-12-21(6-7-21)9-19(27)28;/h3-4,16,23H,5-12H2,1-2H3;1H/t16-;/m1./s1. The third kappa shape index (κ3) is 3.79. The van der Waals surface area contributed by atoms with Crippen molar-refractivity contribution in [1.82, 2.24) is 25.2 Å². The first-order valence-corrected chi connectivity index (χ1v) is 10.6. The second kappa shape index (κ2) is 8.02. The van der Waals surface area contributed by atoms with Crippen molar-refractivity contribution in [2.75, 3.05) is 19.6 Å². The number of ether oxygens (including phenoxy) is 1. The van der Waals surface area contributed by atoms with Gasteiger partial charge in [-0.15, -0.1) is 17.5 Å². The van der Waals surface area contributed by atoms with E-state index in [1.54, 1.807) is 4.68 Å². The molecule has 1 saturated heterocycles. The summed E-state index contributed by atoms with van der Waals surface area (Å²) in [5.74, 6) is 1.08. The van der Waals surface area contributed by atoms with Crippen molar-refractivity contribution in [2.24, 2.45) is 12.5 Å². The molecule has 5 rings (SSSR count). The molecule has 7 nitrogen and oxygen atoms in total. The molecule has 9 heteroatoms. The highest BCUT2D eigenvalue weighted by atomic mass is 35.5. The molecule has 3 heterocycles. The Hall–Kier alpha value is -1.83. The van der Waals surface area contributed by atoms with E-state index in [-0.39, 0.29) is 29.8 Å². The molecule has 1 aromatic heterocycles. The maximum absolute atomic E-state index is 12.5. The van der Waals surface area contributed by atoms with Crippen molar-refractivity contribution in [1.29, 1.82) is 0 Å². The van der Waals surface area contributed by atoms with Gasteiger partial charge in [0, 0.05) is 37.1 Å². The highest BCUT2D eigenvalue weighted by Gasteiger charge is 2.52. The van der Waals surface area contributed by atoms with Crippen LogP contribution in [0.3, 0.4) is 0 Å². The van der Waals surface area contributed by atoms with Gasteiger partial charge >= 0.3 is 0 Å². The lowest BCUT2D eigenvalue weighted by Gasteiger charge is -2.32. The van der Waals surface area contributed by atoms with Crippen LogP contribution < -0.4 is 10.1 Å². The SMILES string of the molecule is Cc1c(COc2ccc(Cl)c3c2[C@@H](CN2CC4(CC4)CC2=O)NCC3)nnn1C.Cl. The summed E-state index contributed by atoms with van der Waals surface area (Å²) in [4.78, 5) is 14.6. The first kappa shape index (κ1) is 21.4. The van der Waals surface area contributed by atoms with Crippen molar-refractivity contribution in [3.8, 4) is 5.75 Å². The van der Waals surface area contributed by atoms with Gasteiger partial charge in [0.25, 0.3) is 0 Å². The van der Waals surface area contributed by atoms with Gasteiger partial charge in [-0.25, -0.2) is 0 Å². The summed E-state index contributed by atoms with van der Waals surface area (Å²) in [5, 5.41) is 12.6. The van der Waals surface area contributed by atoms with Crippen molar-refractivity contribution in [3.63, 3.8) is 0 Å². The first-order valence-electron chi connectivity index (χ1n) is 10.3. The van der Waals surface area contributed by atoms with Gasteiger partial charge in [0.1, 0.15) is 18.1 Å². The molecule has 2 aromatic rings. The highest BCUT2D eigenvalue weighted by molar-refractivity contribution is 6.31. The van der Waals surface area contributed by atoms with Crippen LogP contribution in [-0.4, -0.2) is 45.4 Å². The molecule has 1 N–H and O–H groups in total. The minimum absolute atomic E-state index is 0. The molecule has 1 atom stereocenters. The van der Waals surface area contributed by atoms with E-state index in [4.69, 9.17) is 16.3 Å². The largest absolute Gasteiger partial charge is 0.487 e. The van der Waals surface area contributed by atoms with Crippen LogP contribution >= 0.6 is 24.0 Å². The molecule has 0 radical (unpaired) electrons. The van der Waals surface area contributed by atoms with Gasteiger partial charge in [0.15, 0.2) is 0 Å². The number of fused-ring (bicyclic) bond motifs is 1. The highest BCUT2D eigenvalue weighted by Crippen LogP contribution is 2.53. The summed E-state index contributed by atoms with van der Waals surface area (Å²) < 4.78 is 7.94. The molecule has 1 saturated carbocycles. The van der Waals surface area contributed by atoms with Gasteiger partial charge in [-0.1, -0.05) is 16.8 Å². The van der Waals surface area contributed by atoms with Gasteiger partial charge < -0.3 is 15.0 Å². The van der Waals surface area contributed by atoms with Crippen molar-refractivity contribution in [3.05, 3.63) is 39.7 Å². The second-order valence-corrected chi connectivity index (χ2v) is 9.09. The molecule has 30 heavy (non-hydrogen) atoms. The van der Waals surface area contributed by atoms with E-state index in [1.165, 1.54) is 12.8 Å². The van der Waals surface area contributed by atoms with Crippen molar-refractivity contribution < 1.29 is 9.53 Å². The van der Waals surface area contributed by atoms with Crippen LogP contribution in [0.2, 0.25) is 5.02 Å². The number of likely N-dealkylation sites (tertiary alicyclic amines) is 1. The average molecular weight is 452 g/mol. The van der Waals surface area contributed by atoms with Crippen LogP contribution in [0.4, 0.5) is 0 Å². The second-order valence-electron chi connectivity index (χ2n) is 8.68. The Balaban J connectivity index is 0.00000218. The fraction of sp³-hybridized carbons (Fsp3) is 0.571. The molecule has 0 unspecified atom stereocenters. The van der Waals surface area contributed by atoms with Gasteiger partial charge in [-0.3, -0.25) is 9.48 Å². The van der Waals surface area contributed by atoms with Crippen LogP contribution in [0.5, 0.6) is 5.75 Å². The predicted molar refractivity (Wildman–Crippen MR) is 116 cm³/mol. The number of amides is 1. The number of hydrogen-bond acceptors (Lipinski definition) is 5. The van der Waals surface area contributed by atoms with Crippen LogP contribution in [0, 0.1) is 12.3 Å². The minimum Gasteiger partial charge on any atom is -0.487 e. The van der Waals surface area contributed by atoms with Crippen LogP contribution in [0.1, 0.15) is 47.8 Å². The molecule has 2 fully saturated rings. The van der Waals surface area contributed by atoms with Gasteiger partial charge in [-0.2, -0.15) is 0 Å². The normalized spacial score (nSPS) is 21.5. The third-order valence-corrected chi connectivity index (χ3v) is 7.06. The number of hydrogen-bond donors (Lipinski definition) is 1. The zero-order valence-electron chi connectivity index (χ0n) is 17.3. The average Bonchev–Trinajstić information content (AvgIpc) is 3.28. The maximum atomic E-state index is 12.5. The Kier molecular flexibility index (Phi) is 5.72. The lowest BCUT2D eigenvalue weighted by Crippen LogP contribution is -2.40. The molecule has 1 aromatic carbocycles. The van der Waals surface area contributed by atoms with E-state index in [0.717, 1.165) is 52.8 Å². The summed E-state index contributed by atoms with van der Waals surface area (Å²) in [6.45, 7) is 4.72. The van der Waals surface area contributed by atoms with Crippen LogP contribution in [0.15, 0.2) is 12.1 Å². The lowest BCUT2D eigenvalue weighted by atomic mass is 9.92. The zero-order chi connectivity index (χ0) is 20.2. The number of carbonyl (C=O) groups is 1. The lowest BCUT2D eigenvalue weighted by molar-refractivity contribution is -0.128. The van der Waals surface area contributed by atoms with E-state index in [1.807, 2.05) is 31.0 Å². The minimum atomic E-state index is 0. The number of nitrogens with zero attached hydrogens (tertiary/aromatic N) is 4. The van der Waals surface area contributed by atoms with Crippen LogP contribution in [0.25, 0.3) is 0 Å². The van der Waals surface area contributed by atoms with Gasteiger partial charge in [0.05, 0.1) is 11.7 Å². The van der Waals surface area contributed by atoms with Crippen LogP contribution in [-0.2, 0) is 24.9 Å².